The number of carbonyl (C=O) groups is 2. The Labute approximate surface area is 117 Å². The summed E-state index contributed by atoms with van der Waals surface area (Å²) in [7, 11) is 0. The third-order valence-electron chi connectivity index (χ3n) is 3.65. The van der Waals surface area contributed by atoms with Crippen molar-refractivity contribution in [2.75, 3.05) is 0 Å². The molecule has 1 aliphatic rings. The Morgan fingerprint density at radius 2 is 2.20 bits per heavy atom. The van der Waals surface area contributed by atoms with E-state index in [1.165, 1.54) is 6.07 Å². The van der Waals surface area contributed by atoms with Crippen LogP contribution in [0.5, 0.6) is 0 Å². The number of aryl methyl sites for hydroxylation is 1. The predicted molar refractivity (Wildman–Crippen MR) is 72.6 cm³/mol. The molecule has 0 saturated heterocycles. The van der Waals surface area contributed by atoms with E-state index >= 15 is 0 Å². The summed E-state index contributed by atoms with van der Waals surface area (Å²) in [4.78, 5) is 22.6. The van der Waals surface area contributed by atoms with Crippen LogP contribution in [0.2, 0.25) is 0 Å². The first-order valence-corrected chi connectivity index (χ1v) is 6.82. The highest BCUT2D eigenvalue weighted by Gasteiger charge is 2.22. The van der Waals surface area contributed by atoms with Crippen LogP contribution in [-0.4, -0.2) is 23.1 Å². The molecule has 0 aromatic carbocycles. The van der Waals surface area contributed by atoms with E-state index in [9.17, 15) is 9.59 Å². The number of furan rings is 1. The van der Waals surface area contributed by atoms with Crippen LogP contribution in [0, 0.1) is 12.8 Å². The smallest absolute Gasteiger partial charge is 0.339 e. The van der Waals surface area contributed by atoms with Gasteiger partial charge in [-0.15, -0.1) is 0 Å². The third-order valence-corrected chi connectivity index (χ3v) is 3.65. The lowest BCUT2D eigenvalue weighted by molar-refractivity contribution is 0.0695. The number of carbonyl (C=O) groups excluding carboxylic acids is 1. The molecule has 0 spiro atoms. The van der Waals surface area contributed by atoms with E-state index in [1.54, 1.807) is 6.92 Å². The molecule has 2 rings (SSSR count). The first-order valence-electron chi connectivity index (χ1n) is 6.82. The molecule has 0 aliphatic heterocycles. The van der Waals surface area contributed by atoms with Gasteiger partial charge in [0, 0.05) is 6.04 Å². The molecule has 0 radical (unpaired) electrons. The van der Waals surface area contributed by atoms with Crippen LogP contribution >= 0.6 is 0 Å². The highest BCUT2D eigenvalue weighted by molar-refractivity contribution is 5.88. The fraction of sp³-hybridized carbons (Fsp3) is 0.571. The van der Waals surface area contributed by atoms with Crippen molar-refractivity contribution in [2.24, 2.45) is 5.92 Å². The fourth-order valence-electron chi connectivity index (χ4n) is 2.59. The van der Waals surface area contributed by atoms with Crippen LogP contribution in [0.3, 0.4) is 0 Å². The number of carboxylic acid groups (broad SMARTS) is 1. The number of aromatic carboxylic acids is 1. The maximum absolute atomic E-state index is 11.7. The number of hydrogen-bond acceptors (Lipinski definition) is 3. The van der Waals surface area contributed by atoms with Gasteiger partial charge >= 0.3 is 12.0 Å². The molecule has 20 heavy (non-hydrogen) atoms. The predicted octanol–water partition coefficient (Wildman–Crippen LogP) is 2.27. The van der Waals surface area contributed by atoms with Gasteiger partial charge in [-0.05, 0) is 38.2 Å². The van der Waals surface area contributed by atoms with Crippen molar-refractivity contribution in [1.82, 2.24) is 10.6 Å². The fourth-order valence-corrected chi connectivity index (χ4v) is 2.59. The number of nitrogens with one attached hydrogen (secondary N) is 2. The lowest BCUT2D eigenvalue weighted by Crippen LogP contribution is -2.40. The quantitative estimate of drug-likeness (QED) is 0.789. The van der Waals surface area contributed by atoms with Gasteiger partial charge in [-0.25, -0.2) is 9.59 Å². The van der Waals surface area contributed by atoms with Gasteiger partial charge in [0.05, 0.1) is 6.54 Å². The second-order valence-electron chi connectivity index (χ2n) is 5.43. The number of rotatable bonds is 4. The lowest BCUT2D eigenvalue weighted by Gasteiger charge is -2.12. The van der Waals surface area contributed by atoms with Crippen LogP contribution in [0.1, 0.15) is 48.1 Å². The Bertz CT molecular complexity index is 509. The normalized spacial score (nSPS) is 21.7. The Kier molecular flexibility index (Phi) is 4.32. The summed E-state index contributed by atoms with van der Waals surface area (Å²) in [6, 6.07) is 1.43. The summed E-state index contributed by atoms with van der Waals surface area (Å²) in [5, 5.41) is 14.5. The Morgan fingerprint density at radius 1 is 1.45 bits per heavy atom. The van der Waals surface area contributed by atoms with E-state index in [0.717, 1.165) is 19.3 Å². The van der Waals surface area contributed by atoms with Crippen LogP contribution < -0.4 is 10.6 Å². The molecule has 1 aromatic heterocycles. The highest BCUT2D eigenvalue weighted by atomic mass is 16.4. The van der Waals surface area contributed by atoms with Crippen LogP contribution in [0.25, 0.3) is 0 Å². The summed E-state index contributed by atoms with van der Waals surface area (Å²) in [5.74, 6) is 0.419. The standard InChI is InChI=1S/C14H20N2O4/c1-8-3-4-10(5-8)16-14(19)15-7-11-6-12(13(17)18)9(2)20-11/h6,8,10H,3-5,7H2,1-2H3,(H,17,18)(H2,15,16,19). The molecule has 110 valence electrons. The van der Waals surface area contributed by atoms with Crippen molar-refractivity contribution >= 4 is 12.0 Å². The average Bonchev–Trinajstić information content (AvgIpc) is 2.93. The van der Waals surface area contributed by atoms with E-state index in [-0.39, 0.29) is 24.2 Å². The summed E-state index contributed by atoms with van der Waals surface area (Å²) in [6.07, 6.45) is 3.17. The van der Waals surface area contributed by atoms with Gasteiger partial charge in [0.2, 0.25) is 0 Å². The first-order chi connectivity index (χ1) is 9.45. The second kappa shape index (κ2) is 5.98. The van der Waals surface area contributed by atoms with Crippen molar-refractivity contribution in [2.45, 2.75) is 45.7 Å². The Hall–Kier alpha value is -1.98. The zero-order valence-corrected chi connectivity index (χ0v) is 11.7. The molecule has 6 heteroatoms. The van der Waals surface area contributed by atoms with Gasteiger partial charge in [-0.3, -0.25) is 0 Å². The first kappa shape index (κ1) is 14.4. The maximum Gasteiger partial charge on any atom is 0.339 e. The SMILES string of the molecule is Cc1oc(CNC(=O)NC2CCC(C)C2)cc1C(=O)O. The van der Waals surface area contributed by atoms with E-state index in [2.05, 4.69) is 17.6 Å². The van der Waals surface area contributed by atoms with E-state index in [0.29, 0.717) is 17.4 Å². The molecule has 3 N–H and O–H groups in total. The Balaban J connectivity index is 1.81. The number of hydrogen-bond donors (Lipinski definition) is 3. The summed E-state index contributed by atoms with van der Waals surface area (Å²) in [6.45, 7) is 3.95. The van der Waals surface area contributed by atoms with Gasteiger partial charge < -0.3 is 20.2 Å². The van der Waals surface area contributed by atoms with Crippen molar-refractivity contribution in [3.63, 3.8) is 0 Å². The van der Waals surface area contributed by atoms with Crippen LogP contribution in [0.15, 0.2) is 10.5 Å². The Morgan fingerprint density at radius 3 is 2.75 bits per heavy atom. The lowest BCUT2D eigenvalue weighted by atomic mass is 10.1. The van der Waals surface area contributed by atoms with Gasteiger partial charge in [-0.1, -0.05) is 6.92 Å². The van der Waals surface area contributed by atoms with Crippen molar-refractivity contribution in [1.29, 1.82) is 0 Å². The molecule has 1 heterocycles. The molecule has 6 nitrogen and oxygen atoms in total. The van der Waals surface area contributed by atoms with Gasteiger partial charge in [0.1, 0.15) is 17.1 Å². The van der Waals surface area contributed by atoms with E-state index in [4.69, 9.17) is 9.52 Å². The van der Waals surface area contributed by atoms with Gasteiger partial charge in [-0.2, -0.15) is 0 Å². The molecule has 1 aliphatic carbocycles. The number of urea groups is 1. The highest BCUT2D eigenvalue weighted by Crippen LogP contribution is 2.24. The summed E-state index contributed by atoms with van der Waals surface area (Å²) >= 11 is 0. The van der Waals surface area contributed by atoms with Crippen molar-refractivity contribution < 1.29 is 19.1 Å². The summed E-state index contributed by atoms with van der Waals surface area (Å²) < 4.78 is 5.29. The molecule has 1 aromatic rings. The van der Waals surface area contributed by atoms with Crippen LogP contribution in [0.4, 0.5) is 4.79 Å². The minimum Gasteiger partial charge on any atom is -0.478 e. The van der Waals surface area contributed by atoms with Crippen molar-refractivity contribution in [3.05, 3.63) is 23.2 Å². The molecule has 1 fully saturated rings. The molecule has 2 amide bonds. The number of carboxylic acids is 1. The minimum atomic E-state index is -1.03. The van der Waals surface area contributed by atoms with Gasteiger partial charge in [0.15, 0.2) is 0 Å². The molecule has 1 saturated carbocycles. The minimum absolute atomic E-state index is 0.131. The zero-order chi connectivity index (χ0) is 14.7. The van der Waals surface area contributed by atoms with Crippen LogP contribution in [-0.2, 0) is 6.54 Å². The van der Waals surface area contributed by atoms with E-state index < -0.39 is 5.97 Å². The molecular formula is C14H20N2O4. The molecular weight excluding hydrogens is 260 g/mol. The molecule has 2 atom stereocenters. The van der Waals surface area contributed by atoms with Crippen molar-refractivity contribution in [3.8, 4) is 0 Å². The zero-order valence-electron chi connectivity index (χ0n) is 11.7. The average molecular weight is 280 g/mol. The van der Waals surface area contributed by atoms with Gasteiger partial charge in [0.25, 0.3) is 0 Å². The molecule has 2 unspecified atom stereocenters. The topological polar surface area (TPSA) is 91.6 Å². The largest absolute Gasteiger partial charge is 0.478 e. The monoisotopic (exact) mass is 280 g/mol. The third kappa shape index (κ3) is 3.53. The second-order valence-corrected chi connectivity index (χ2v) is 5.43. The number of amides is 2. The maximum atomic E-state index is 11.7. The van der Waals surface area contributed by atoms with E-state index in [1.807, 2.05) is 0 Å². The molecule has 0 bridgehead atoms. The summed E-state index contributed by atoms with van der Waals surface area (Å²) in [5.41, 5.74) is 0.131.